The number of aliphatic hydroxyl groups is 1. The Balaban J connectivity index is 1.82. The molecule has 0 aliphatic heterocycles. The first kappa shape index (κ1) is 10.2. The zero-order valence-corrected chi connectivity index (χ0v) is 9.02. The molecule has 14 heavy (non-hydrogen) atoms. The van der Waals surface area contributed by atoms with Crippen LogP contribution in [0.15, 0.2) is 12.2 Å². The summed E-state index contributed by atoms with van der Waals surface area (Å²) in [6.45, 7) is 5.57. The van der Waals surface area contributed by atoms with Crippen molar-refractivity contribution in [2.24, 2.45) is 17.8 Å². The third kappa shape index (κ3) is 2.01. The summed E-state index contributed by atoms with van der Waals surface area (Å²) in [7, 11) is 0. The van der Waals surface area contributed by atoms with Crippen molar-refractivity contribution in [3.63, 3.8) is 0 Å². The Bertz CT molecular complexity index is 214. The van der Waals surface area contributed by atoms with E-state index < -0.39 is 0 Å². The molecule has 2 aliphatic rings. The fraction of sp³-hybridized carbons (Fsp3) is 0.833. The molecule has 2 bridgehead atoms. The highest BCUT2D eigenvalue weighted by Crippen LogP contribution is 2.43. The summed E-state index contributed by atoms with van der Waals surface area (Å²) in [6, 6.07) is 0. The van der Waals surface area contributed by atoms with Crippen LogP contribution in [0.1, 0.15) is 19.8 Å². The average Bonchev–Trinajstić information content (AvgIpc) is 2.78. The summed E-state index contributed by atoms with van der Waals surface area (Å²) >= 11 is 0. The van der Waals surface area contributed by atoms with E-state index in [1.165, 1.54) is 19.4 Å². The van der Waals surface area contributed by atoms with Gasteiger partial charge >= 0.3 is 0 Å². The summed E-state index contributed by atoms with van der Waals surface area (Å²) in [6.07, 6.45) is 7.57. The minimum absolute atomic E-state index is 0.296. The summed E-state index contributed by atoms with van der Waals surface area (Å²) in [4.78, 5) is 2.37. The first-order chi connectivity index (χ1) is 6.83. The van der Waals surface area contributed by atoms with Gasteiger partial charge in [0.25, 0.3) is 0 Å². The van der Waals surface area contributed by atoms with Crippen LogP contribution in [0.2, 0.25) is 0 Å². The minimum Gasteiger partial charge on any atom is -0.395 e. The van der Waals surface area contributed by atoms with E-state index in [1.54, 1.807) is 0 Å². The Kier molecular flexibility index (Phi) is 3.24. The molecule has 1 N–H and O–H groups in total. The summed E-state index contributed by atoms with van der Waals surface area (Å²) in [5.41, 5.74) is 0. The van der Waals surface area contributed by atoms with E-state index in [4.69, 9.17) is 5.11 Å². The van der Waals surface area contributed by atoms with Gasteiger partial charge in [0.05, 0.1) is 6.61 Å². The van der Waals surface area contributed by atoms with E-state index in [9.17, 15) is 0 Å². The Morgan fingerprint density at radius 3 is 2.71 bits per heavy atom. The lowest BCUT2D eigenvalue weighted by atomic mass is 9.93. The standard InChI is InChI=1S/C12H21NO/c1-2-13(5-6-14)9-12-8-10-3-4-11(12)7-10/h3-4,10-12,14H,2,5-9H2,1H3. The van der Waals surface area contributed by atoms with Crippen molar-refractivity contribution in [1.29, 1.82) is 0 Å². The van der Waals surface area contributed by atoms with E-state index in [-0.39, 0.29) is 0 Å². The minimum atomic E-state index is 0.296. The smallest absolute Gasteiger partial charge is 0.0558 e. The van der Waals surface area contributed by atoms with Crippen LogP contribution >= 0.6 is 0 Å². The second-order valence-electron chi connectivity index (χ2n) is 4.66. The van der Waals surface area contributed by atoms with Gasteiger partial charge in [-0.3, -0.25) is 0 Å². The van der Waals surface area contributed by atoms with Gasteiger partial charge in [0.2, 0.25) is 0 Å². The highest BCUT2D eigenvalue weighted by atomic mass is 16.3. The molecule has 80 valence electrons. The average molecular weight is 195 g/mol. The molecule has 0 saturated heterocycles. The maximum atomic E-state index is 8.92. The molecule has 2 aliphatic carbocycles. The molecule has 3 unspecified atom stereocenters. The van der Waals surface area contributed by atoms with Gasteiger partial charge in [0.15, 0.2) is 0 Å². The highest BCUT2D eigenvalue weighted by Gasteiger charge is 2.35. The third-order valence-electron chi connectivity index (χ3n) is 3.77. The Morgan fingerprint density at radius 2 is 2.21 bits per heavy atom. The van der Waals surface area contributed by atoms with Crippen molar-refractivity contribution in [1.82, 2.24) is 4.90 Å². The number of hydrogen-bond acceptors (Lipinski definition) is 2. The Morgan fingerprint density at radius 1 is 1.36 bits per heavy atom. The van der Waals surface area contributed by atoms with E-state index in [1.807, 2.05) is 0 Å². The maximum Gasteiger partial charge on any atom is 0.0558 e. The number of rotatable bonds is 5. The summed E-state index contributed by atoms with van der Waals surface area (Å²) in [5, 5.41) is 8.92. The Hall–Kier alpha value is -0.340. The number of likely N-dealkylation sites (N-methyl/N-ethyl adjacent to an activating group) is 1. The van der Waals surface area contributed by atoms with Crippen molar-refractivity contribution in [2.75, 3.05) is 26.2 Å². The molecule has 0 heterocycles. The normalized spacial score (nSPS) is 34.6. The lowest BCUT2D eigenvalue weighted by Gasteiger charge is -2.26. The topological polar surface area (TPSA) is 23.5 Å². The second kappa shape index (κ2) is 4.45. The van der Waals surface area contributed by atoms with Crippen molar-refractivity contribution < 1.29 is 5.11 Å². The molecule has 0 amide bonds. The SMILES string of the molecule is CCN(CCO)CC1CC2C=CC1C2. The molecular formula is C12H21NO. The fourth-order valence-corrected chi connectivity index (χ4v) is 2.96. The van der Waals surface area contributed by atoms with Gasteiger partial charge in [-0.05, 0) is 37.1 Å². The van der Waals surface area contributed by atoms with Crippen molar-refractivity contribution in [3.8, 4) is 0 Å². The summed E-state index contributed by atoms with van der Waals surface area (Å²) < 4.78 is 0. The van der Waals surface area contributed by atoms with E-state index in [0.29, 0.717) is 6.61 Å². The van der Waals surface area contributed by atoms with E-state index >= 15 is 0 Å². The van der Waals surface area contributed by atoms with Crippen LogP contribution in [0.5, 0.6) is 0 Å². The van der Waals surface area contributed by atoms with Crippen LogP contribution in [0.25, 0.3) is 0 Å². The number of nitrogens with zero attached hydrogens (tertiary/aromatic N) is 1. The third-order valence-corrected chi connectivity index (χ3v) is 3.77. The molecule has 0 spiro atoms. The largest absolute Gasteiger partial charge is 0.395 e. The molecule has 3 atom stereocenters. The molecule has 1 fully saturated rings. The van der Waals surface area contributed by atoms with Gasteiger partial charge < -0.3 is 10.0 Å². The quantitative estimate of drug-likeness (QED) is 0.672. The van der Waals surface area contributed by atoms with Crippen molar-refractivity contribution in [2.45, 2.75) is 19.8 Å². The second-order valence-corrected chi connectivity index (χ2v) is 4.66. The molecular weight excluding hydrogens is 174 g/mol. The predicted molar refractivity (Wildman–Crippen MR) is 58.0 cm³/mol. The number of fused-ring (bicyclic) bond motifs is 2. The molecule has 0 radical (unpaired) electrons. The van der Waals surface area contributed by atoms with E-state index in [2.05, 4.69) is 24.0 Å². The van der Waals surface area contributed by atoms with Crippen molar-refractivity contribution >= 4 is 0 Å². The summed E-state index contributed by atoms with van der Waals surface area (Å²) in [5.74, 6) is 2.57. The lowest BCUT2D eigenvalue weighted by molar-refractivity contribution is 0.173. The number of hydrogen-bond donors (Lipinski definition) is 1. The van der Waals surface area contributed by atoms with Gasteiger partial charge in [0.1, 0.15) is 0 Å². The lowest BCUT2D eigenvalue weighted by Crippen LogP contribution is -2.33. The number of allylic oxidation sites excluding steroid dienone is 2. The highest BCUT2D eigenvalue weighted by molar-refractivity contribution is 5.10. The molecule has 0 aromatic heterocycles. The molecule has 0 aromatic rings. The van der Waals surface area contributed by atoms with Crippen LogP contribution < -0.4 is 0 Å². The van der Waals surface area contributed by atoms with Gasteiger partial charge in [-0.15, -0.1) is 0 Å². The molecule has 1 saturated carbocycles. The maximum absolute atomic E-state index is 8.92. The fourth-order valence-electron chi connectivity index (χ4n) is 2.96. The molecule has 2 rings (SSSR count). The van der Waals surface area contributed by atoms with Gasteiger partial charge in [-0.25, -0.2) is 0 Å². The molecule has 2 heteroatoms. The van der Waals surface area contributed by atoms with Crippen LogP contribution in [0, 0.1) is 17.8 Å². The van der Waals surface area contributed by atoms with Crippen molar-refractivity contribution in [3.05, 3.63) is 12.2 Å². The predicted octanol–water partition coefficient (Wildman–Crippen LogP) is 1.51. The van der Waals surface area contributed by atoms with Crippen LogP contribution in [-0.4, -0.2) is 36.2 Å². The monoisotopic (exact) mass is 195 g/mol. The Labute approximate surface area is 86.6 Å². The van der Waals surface area contributed by atoms with Gasteiger partial charge in [-0.2, -0.15) is 0 Å². The zero-order valence-electron chi connectivity index (χ0n) is 9.02. The van der Waals surface area contributed by atoms with Crippen LogP contribution in [0.3, 0.4) is 0 Å². The number of aliphatic hydroxyl groups excluding tert-OH is 1. The molecule has 2 nitrogen and oxygen atoms in total. The van der Waals surface area contributed by atoms with E-state index in [0.717, 1.165) is 30.8 Å². The van der Waals surface area contributed by atoms with Gasteiger partial charge in [0, 0.05) is 13.1 Å². The first-order valence-corrected chi connectivity index (χ1v) is 5.85. The van der Waals surface area contributed by atoms with Crippen LogP contribution in [0.4, 0.5) is 0 Å². The first-order valence-electron chi connectivity index (χ1n) is 5.85. The zero-order chi connectivity index (χ0) is 9.97. The van der Waals surface area contributed by atoms with Gasteiger partial charge in [-0.1, -0.05) is 19.1 Å². The molecule has 0 aromatic carbocycles. The van der Waals surface area contributed by atoms with Crippen LogP contribution in [-0.2, 0) is 0 Å².